The predicted octanol–water partition coefficient (Wildman–Crippen LogP) is 6.27. The third-order valence-corrected chi connectivity index (χ3v) is 7.60. The number of piperazine rings is 1. The molecule has 0 amide bonds. The van der Waals surface area contributed by atoms with Gasteiger partial charge in [-0.15, -0.1) is 0 Å². The van der Waals surface area contributed by atoms with Crippen molar-refractivity contribution in [3.63, 3.8) is 0 Å². The van der Waals surface area contributed by atoms with Crippen LogP contribution in [0, 0.1) is 15.9 Å². The Morgan fingerprint density at radius 2 is 1.68 bits per heavy atom. The van der Waals surface area contributed by atoms with Gasteiger partial charge in [0.05, 0.1) is 29.1 Å². The second-order valence-corrected chi connectivity index (χ2v) is 10.5. The third-order valence-electron chi connectivity index (χ3n) is 7.60. The largest absolute Gasteiger partial charge is 0.489 e. The number of aromatic nitrogens is 1. The molecule has 218 valence electrons. The molecule has 8 nitrogen and oxygen atoms in total. The monoisotopic (exact) mass is 573 g/mol. The second-order valence-electron chi connectivity index (χ2n) is 10.5. The summed E-state index contributed by atoms with van der Waals surface area (Å²) in [5.41, 5.74) is 0.0644. The molecule has 1 saturated heterocycles. The summed E-state index contributed by atoms with van der Waals surface area (Å²) in [4.78, 5) is 19.0. The molecule has 0 atom stereocenters. The Balaban J connectivity index is 1.10. The number of anilines is 2. The Bertz CT molecular complexity index is 1340. The van der Waals surface area contributed by atoms with Crippen molar-refractivity contribution in [2.75, 3.05) is 36.4 Å². The number of nitrogens with one attached hydrogen (secondary N) is 1. The van der Waals surface area contributed by atoms with Crippen LogP contribution in [0.25, 0.3) is 0 Å². The molecule has 2 heterocycles. The lowest BCUT2D eigenvalue weighted by molar-refractivity contribution is -0.388. The van der Waals surface area contributed by atoms with Gasteiger partial charge in [0.15, 0.2) is 0 Å². The lowest BCUT2D eigenvalue weighted by atomic mass is 9.92. The van der Waals surface area contributed by atoms with E-state index < -0.39 is 22.4 Å². The fraction of sp³-hybridized carbons (Fsp3) is 0.414. The molecule has 1 aliphatic carbocycles. The van der Waals surface area contributed by atoms with E-state index >= 15 is 0 Å². The molecule has 3 aromatic rings. The van der Waals surface area contributed by atoms with Crippen molar-refractivity contribution >= 4 is 17.1 Å². The summed E-state index contributed by atoms with van der Waals surface area (Å²) in [5.74, 6) is 0.445. The lowest BCUT2D eigenvalue weighted by Gasteiger charge is -2.36. The fourth-order valence-corrected chi connectivity index (χ4v) is 5.42. The summed E-state index contributed by atoms with van der Waals surface area (Å²) in [6.45, 7) is 4.20. The van der Waals surface area contributed by atoms with Gasteiger partial charge in [-0.2, -0.15) is 13.2 Å². The Morgan fingerprint density at radius 1 is 0.976 bits per heavy atom. The van der Waals surface area contributed by atoms with Gasteiger partial charge < -0.3 is 15.0 Å². The van der Waals surface area contributed by atoms with E-state index in [1.54, 1.807) is 6.20 Å². The fourth-order valence-electron chi connectivity index (χ4n) is 5.42. The summed E-state index contributed by atoms with van der Waals surface area (Å²) >= 11 is 0. The first-order valence-electron chi connectivity index (χ1n) is 13.6. The molecular formula is C29H31F4N5O3. The molecule has 1 saturated carbocycles. The van der Waals surface area contributed by atoms with Crippen molar-refractivity contribution in [2.45, 2.75) is 50.6 Å². The smallest absolute Gasteiger partial charge is 0.423 e. The van der Waals surface area contributed by atoms with E-state index in [2.05, 4.69) is 20.1 Å². The molecule has 41 heavy (non-hydrogen) atoms. The quantitative estimate of drug-likeness (QED) is 0.193. The Hall–Kier alpha value is -3.93. The molecule has 0 unspecified atom stereocenters. The van der Waals surface area contributed by atoms with Crippen LogP contribution in [-0.2, 0) is 12.7 Å². The predicted molar refractivity (Wildman–Crippen MR) is 147 cm³/mol. The van der Waals surface area contributed by atoms with E-state index in [4.69, 9.17) is 4.74 Å². The van der Waals surface area contributed by atoms with Gasteiger partial charge in [-0.05, 0) is 55.5 Å². The summed E-state index contributed by atoms with van der Waals surface area (Å²) in [6, 6.07) is 11.5. The van der Waals surface area contributed by atoms with E-state index in [-0.39, 0.29) is 23.7 Å². The topological polar surface area (TPSA) is 83.8 Å². The molecule has 1 aliphatic heterocycles. The number of nitrogens with zero attached hydrogens (tertiary/aromatic N) is 4. The first-order chi connectivity index (χ1) is 19.6. The first-order valence-corrected chi connectivity index (χ1v) is 13.6. The first kappa shape index (κ1) is 28.6. The maximum Gasteiger partial charge on any atom is 0.423 e. The van der Waals surface area contributed by atoms with Crippen LogP contribution in [0.15, 0.2) is 60.9 Å². The molecular weight excluding hydrogens is 542 g/mol. The van der Waals surface area contributed by atoms with E-state index in [1.165, 1.54) is 18.2 Å². The minimum Gasteiger partial charge on any atom is -0.489 e. The molecule has 1 aromatic heterocycles. The van der Waals surface area contributed by atoms with Gasteiger partial charge in [0.25, 0.3) is 5.69 Å². The number of pyridine rings is 1. The zero-order valence-electron chi connectivity index (χ0n) is 22.3. The number of hydrogen-bond donors (Lipinski definition) is 1. The third kappa shape index (κ3) is 7.43. The molecule has 0 spiro atoms. The Kier molecular flexibility index (Phi) is 8.57. The highest BCUT2D eigenvalue weighted by Crippen LogP contribution is 2.38. The highest BCUT2D eigenvalue weighted by atomic mass is 19.4. The number of benzene rings is 2. The molecule has 2 fully saturated rings. The standard InChI is InChI=1S/C29H31F4N5O3/c30-21-3-1-20(2-4-21)19-36-11-13-37(14-12-36)24-16-26(18-34-17-24)41-25-8-5-22(6-9-25)35-23-7-10-28(38(39)40)27(15-23)29(31,32)33/h1-4,7,10,15-18,22,25,35H,5-6,8-9,11-14,19H2. The SMILES string of the molecule is O=[N+]([O-])c1ccc(NC2CCC(Oc3cncc(N4CCN(Cc5ccc(F)cc5)CC4)c3)CC2)cc1C(F)(F)F. The minimum absolute atomic E-state index is 0.0414. The van der Waals surface area contributed by atoms with Gasteiger partial charge in [0.1, 0.15) is 17.1 Å². The van der Waals surface area contributed by atoms with Gasteiger partial charge in [-0.3, -0.25) is 20.0 Å². The van der Waals surface area contributed by atoms with Crippen molar-refractivity contribution in [2.24, 2.45) is 0 Å². The summed E-state index contributed by atoms with van der Waals surface area (Å²) in [7, 11) is 0. The van der Waals surface area contributed by atoms with Gasteiger partial charge in [0, 0.05) is 56.6 Å². The molecule has 0 bridgehead atoms. The summed E-state index contributed by atoms with van der Waals surface area (Å²) in [6.07, 6.45) is 1.45. The second kappa shape index (κ2) is 12.3. The Labute approximate surface area is 235 Å². The summed E-state index contributed by atoms with van der Waals surface area (Å²) in [5, 5.41) is 14.1. The molecule has 0 radical (unpaired) electrons. The maximum atomic E-state index is 13.3. The number of nitro groups is 1. The van der Waals surface area contributed by atoms with Gasteiger partial charge >= 0.3 is 6.18 Å². The van der Waals surface area contributed by atoms with Gasteiger partial charge in [-0.25, -0.2) is 4.39 Å². The average molecular weight is 574 g/mol. The van der Waals surface area contributed by atoms with Crippen molar-refractivity contribution in [1.82, 2.24) is 9.88 Å². The lowest BCUT2D eigenvalue weighted by Crippen LogP contribution is -2.46. The molecule has 2 aromatic carbocycles. The maximum absolute atomic E-state index is 13.3. The number of hydrogen-bond acceptors (Lipinski definition) is 7. The molecule has 2 aliphatic rings. The molecule has 12 heteroatoms. The van der Waals surface area contributed by atoms with Crippen LogP contribution in [-0.4, -0.2) is 53.1 Å². The average Bonchev–Trinajstić information content (AvgIpc) is 2.95. The number of halogens is 4. The highest BCUT2D eigenvalue weighted by Gasteiger charge is 2.38. The number of alkyl halides is 3. The van der Waals surface area contributed by atoms with Crippen LogP contribution in [0.3, 0.4) is 0 Å². The van der Waals surface area contributed by atoms with Crippen LogP contribution >= 0.6 is 0 Å². The van der Waals surface area contributed by atoms with Crippen molar-refractivity contribution < 1.29 is 27.2 Å². The van der Waals surface area contributed by atoms with Crippen molar-refractivity contribution in [1.29, 1.82) is 0 Å². The zero-order chi connectivity index (χ0) is 29.0. The Morgan fingerprint density at radius 3 is 2.34 bits per heavy atom. The van der Waals surface area contributed by atoms with Crippen molar-refractivity contribution in [3.05, 3.63) is 88.0 Å². The van der Waals surface area contributed by atoms with E-state index in [0.29, 0.717) is 31.4 Å². The van der Waals surface area contributed by atoms with Crippen LogP contribution < -0.4 is 15.0 Å². The number of ether oxygens (including phenoxy) is 1. The molecule has 1 N–H and O–H groups in total. The van der Waals surface area contributed by atoms with Gasteiger partial charge in [-0.1, -0.05) is 12.1 Å². The van der Waals surface area contributed by atoms with E-state index in [0.717, 1.165) is 56.1 Å². The van der Waals surface area contributed by atoms with E-state index in [9.17, 15) is 27.7 Å². The van der Waals surface area contributed by atoms with Crippen LogP contribution in [0.2, 0.25) is 0 Å². The van der Waals surface area contributed by atoms with Gasteiger partial charge in [0.2, 0.25) is 0 Å². The minimum atomic E-state index is -4.81. The highest BCUT2D eigenvalue weighted by molar-refractivity contribution is 5.55. The van der Waals surface area contributed by atoms with Crippen LogP contribution in [0.5, 0.6) is 5.75 Å². The van der Waals surface area contributed by atoms with Crippen LogP contribution in [0.4, 0.5) is 34.6 Å². The normalized spacial score (nSPS) is 20.0. The summed E-state index contributed by atoms with van der Waals surface area (Å²) < 4.78 is 59.3. The van der Waals surface area contributed by atoms with E-state index in [1.807, 2.05) is 24.4 Å². The number of nitro benzene ring substituents is 1. The van der Waals surface area contributed by atoms with Crippen molar-refractivity contribution in [3.8, 4) is 5.75 Å². The number of rotatable bonds is 8. The van der Waals surface area contributed by atoms with Crippen LogP contribution in [0.1, 0.15) is 36.8 Å². The zero-order valence-corrected chi connectivity index (χ0v) is 22.3. The molecule has 5 rings (SSSR count).